The highest BCUT2D eigenvalue weighted by Crippen LogP contribution is 2.40. The summed E-state index contributed by atoms with van der Waals surface area (Å²) in [5.41, 5.74) is 5.68. The van der Waals surface area contributed by atoms with Gasteiger partial charge in [-0.05, 0) is 44.7 Å². The van der Waals surface area contributed by atoms with Gasteiger partial charge >= 0.3 is 0 Å². The lowest BCUT2D eigenvalue weighted by atomic mass is 10.0. The molecule has 1 aliphatic rings. The molecule has 1 aromatic rings. The summed E-state index contributed by atoms with van der Waals surface area (Å²) in [4.78, 5) is 0.173. The van der Waals surface area contributed by atoms with E-state index in [0.29, 0.717) is 17.4 Å². The van der Waals surface area contributed by atoms with Crippen LogP contribution >= 0.6 is 0 Å². The van der Waals surface area contributed by atoms with E-state index in [1.54, 1.807) is 0 Å². The van der Waals surface area contributed by atoms with Gasteiger partial charge in [0.2, 0.25) is 10.0 Å². The molecule has 0 amide bonds. The Kier molecular flexibility index (Phi) is 3.49. The molecule has 0 aliphatic heterocycles. The van der Waals surface area contributed by atoms with Gasteiger partial charge in [-0.2, -0.15) is 0 Å². The predicted octanol–water partition coefficient (Wildman–Crippen LogP) is 1.74. The molecule has 6 heteroatoms. The van der Waals surface area contributed by atoms with Gasteiger partial charge in [0, 0.05) is 11.6 Å². The first-order chi connectivity index (χ1) is 8.76. The van der Waals surface area contributed by atoms with Gasteiger partial charge in [-0.1, -0.05) is 0 Å². The van der Waals surface area contributed by atoms with Crippen LogP contribution in [0.2, 0.25) is 0 Å². The second-order valence-corrected chi connectivity index (χ2v) is 7.19. The van der Waals surface area contributed by atoms with Gasteiger partial charge in [-0.15, -0.1) is 0 Å². The van der Waals surface area contributed by atoms with E-state index >= 15 is 0 Å². The average molecular weight is 284 g/mol. The number of nitrogens with one attached hydrogen (secondary N) is 1. The minimum absolute atomic E-state index is 0.173. The fourth-order valence-corrected chi connectivity index (χ4v) is 3.64. The molecule has 1 aliphatic carbocycles. The van der Waals surface area contributed by atoms with Crippen molar-refractivity contribution in [2.75, 3.05) is 12.8 Å². The van der Waals surface area contributed by atoms with E-state index < -0.39 is 15.6 Å². The fraction of sp³-hybridized carbons (Fsp3) is 0.538. The lowest BCUT2D eigenvalue weighted by Crippen LogP contribution is -2.45. The Labute approximate surface area is 114 Å². The van der Waals surface area contributed by atoms with Crippen molar-refractivity contribution in [3.8, 4) is 5.75 Å². The normalized spacial score (nSPS) is 16.4. The van der Waals surface area contributed by atoms with E-state index in [0.717, 1.165) is 12.8 Å². The van der Waals surface area contributed by atoms with Crippen LogP contribution in [-0.2, 0) is 10.0 Å². The maximum absolute atomic E-state index is 12.4. The number of anilines is 1. The van der Waals surface area contributed by atoms with E-state index in [4.69, 9.17) is 10.5 Å². The number of hydrogen-bond donors (Lipinski definition) is 2. The van der Waals surface area contributed by atoms with Gasteiger partial charge in [0.25, 0.3) is 0 Å². The Hall–Kier alpha value is -1.27. The topological polar surface area (TPSA) is 81.4 Å². The molecule has 0 bridgehead atoms. The molecule has 1 aromatic carbocycles. The highest BCUT2D eigenvalue weighted by Gasteiger charge is 2.40. The van der Waals surface area contributed by atoms with Crippen LogP contribution in [0.15, 0.2) is 23.1 Å². The second-order valence-electron chi connectivity index (χ2n) is 5.51. The number of nitrogens with two attached hydrogens (primary N) is 1. The monoisotopic (exact) mass is 284 g/mol. The number of rotatable bonds is 5. The molecule has 0 spiro atoms. The van der Waals surface area contributed by atoms with Crippen molar-refractivity contribution in [1.29, 1.82) is 0 Å². The van der Waals surface area contributed by atoms with Crippen molar-refractivity contribution >= 4 is 15.7 Å². The molecule has 0 heterocycles. The summed E-state index contributed by atoms with van der Waals surface area (Å²) in [5, 5.41) is 0. The Bertz CT molecular complexity index is 578. The highest BCUT2D eigenvalue weighted by molar-refractivity contribution is 7.89. The summed E-state index contributed by atoms with van der Waals surface area (Å²) in [6.45, 7) is 3.83. The van der Waals surface area contributed by atoms with Crippen molar-refractivity contribution in [1.82, 2.24) is 4.72 Å². The zero-order chi connectivity index (χ0) is 14.3. The summed E-state index contributed by atoms with van der Waals surface area (Å²) in [5.74, 6) is 0.782. The van der Waals surface area contributed by atoms with Crippen molar-refractivity contribution in [3.05, 3.63) is 18.2 Å². The third-order valence-corrected chi connectivity index (χ3v) is 5.18. The van der Waals surface area contributed by atoms with Crippen LogP contribution in [0, 0.1) is 5.92 Å². The van der Waals surface area contributed by atoms with Crippen LogP contribution in [0.1, 0.15) is 26.7 Å². The molecular weight excluding hydrogens is 264 g/mol. The third-order valence-electron chi connectivity index (χ3n) is 3.51. The number of benzene rings is 1. The molecule has 0 aromatic heterocycles. The highest BCUT2D eigenvalue weighted by atomic mass is 32.2. The molecule has 2 rings (SSSR count). The zero-order valence-corrected chi connectivity index (χ0v) is 12.3. The van der Waals surface area contributed by atoms with Crippen LogP contribution < -0.4 is 15.2 Å². The second kappa shape index (κ2) is 4.68. The molecule has 106 valence electrons. The Morgan fingerprint density at radius 1 is 1.37 bits per heavy atom. The van der Waals surface area contributed by atoms with E-state index in [9.17, 15) is 8.42 Å². The summed E-state index contributed by atoms with van der Waals surface area (Å²) < 4.78 is 32.5. The molecule has 0 unspecified atom stereocenters. The molecule has 19 heavy (non-hydrogen) atoms. The van der Waals surface area contributed by atoms with Crippen LogP contribution in [0.4, 0.5) is 5.69 Å². The van der Waals surface area contributed by atoms with E-state index in [2.05, 4.69) is 4.72 Å². The van der Waals surface area contributed by atoms with Crippen molar-refractivity contribution in [3.63, 3.8) is 0 Å². The van der Waals surface area contributed by atoms with Gasteiger partial charge in [0.15, 0.2) is 0 Å². The van der Waals surface area contributed by atoms with Crippen molar-refractivity contribution in [2.45, 2.75) is 37.1 Å². The third kappa shape index (κ3) is 3.01. The largest absolute Gasteiger partial charge is 0.495 e. The number of ether oxygens (including phenoxy) is 1. The van der Waals surface area contributed by atoms with Crippen LogP contribution in [0.25, 0.3) is 0 Å². The Balaban J connectivity index is 2.29. The summed E-state index contributed by atoms with van der Waals surface area (Å²) in [6, 6.07) is 4.47. The minimum Gasteiger partial charge on any atom is -0.495 e. The standard InChI is InChI=1S/C13H20N2O3S/c1-13(2,9-4-5-9)15-19(16,17)10-6-7-11(14)12(8-10)18-3/h6-9,15H,4-5,14H2,1-3H3. The first-order valence-electron chi connectivity index (χ1n) is 6.24. The molecule has 0 radical (unpaired) electrons. The average Bonchev–Trinajstić information content (AvgIpc) is 3.11. The molecule has 0 atom stereocenters. The Morgan fingerprint density at radius 2 is 2.00 bits per heavy atom. The lowest BCUT2D eigenvalue weighted by molar-refractivity contribution is 0.399. The molecule has 1 saturated carbocycles. The van der Waals surface area contributed by atoms with Gasteiger partial charge in [0.1, 0.15) is 5.75 Å². The van der Waals surface area contributed by atoms with Gasteiger partial charge in [-0.3, -0.25) is 0 Å². The number of hydrogen-bond acceptors (Lipinski definition) is 4. The predicted molar refractivity (Wildman–Crippen MR) is 74.5 cm³/mol. The summed E-state index contributed by atoms with van der Waals surface area (Å²) >= 11 is 0. The maximum Gasteiger partial charge on any atom is 0.241 e. The van der Waals surface area contributed by atoms with Gasteiger partial charge in [-0.25, -0.2) is 13.1 Å². The number of nitrogen functional groups attached to an aromatic ring is 1. The van der Waals surface area contributed by atoms with Gasteiger partial charge in [0.05, 0.1) is 17.7 Å². The van der Waals surface area contributed by atoms with E-state index in [-0.39, 0.29) is 4.90 Å². The Morgan fingerprint density at radius 3 is 2.53 bits per heavy atom. The zero-order valence-electron chi connectivity index (χ0n) is 11.4. The molecule has 3 N–H and O–H groups in total. The smallest absolute Gasteiger partial charge is 0.241 e. The van der Waals surface area contributed by atoms with E-state index in [1.807, 2.05) is 13.8 Å². The number of sulfonamides is 1. The SMILES string of the molecule is COc1cc(S(=O)(=O)NC(C)(C)C2CC2)ccc1N. The van der Waals surface area contributed by atoms with Crippen LogP contribution in [-0.4, -0.2) is 21.1 Å². The van der Waals surface area contributed by atoms with Crippen molar-refractivity contribution in [2.24, 2.45) is 5.92 Å². The van der Waals surface area contributed by atoms with Crippen LogP contribution in [0.5, 0.6) is 5.75 Å². The maximum atomic E-state index is 12.4. The lowest BCUT2D eigenvalue weighted by Gasteiger charge is -2.25. The quantitative estimate of drug-likeness (QED) is 0.807. The first-order valence-corrected chi connectivity index (χ1v) is 7.72. The van der Waals surface area contributed by atoms with Crippen LogP contribution in [0.3, 0.4) is 0 Å². The summed E-state index contributed by atoms with van der Waals surface area (Å²) in [7, 11) is -2.10. The van der Waals surface area contributed by atoms with Gasteiger partial charge < -0.3 is 10.5 Å². The molecule has 1 fully saturated rings. The number of methoxy groups -OCH3 is 1. The summed E-state index contributed by atoms with van der Waals surface area (Å²) in [6.07, 6.45) is 2.14. The molecule has 5 nitrogen and oxygen atoms in total. The van der Waals surface area contributed by atoms with E-state index in [1.165, 1.54) is 25.3 Å². The first kappa shape index (κ1) is 14.1. The fourth-order valence-electron chi connectivity index (χ4n) is 2.15. The molecular formula is C13H20N2O3S. The molecule has 0 saturated heterocycles. The van der Waals surface area contributed by atoms with Crippen molar-refractivity contribution < 1.29 is 13.2 Å². The minimum atomic E-state index is -3.56.